The van der Waals surface area contributed by atoms with Crippen molar-refractivity contribution in [1.82, 2.24) is 9.47 Å². The van der Waals surface area contributed by atoms with E-state index in [0.29, 0.717) is 17.3 Å². The maximum atomic E-state index is 12.5. The van der Waals surface area contributed by atoms with Crippen LogP contribution in [0.15, 0.2) is 42.6 Å². The molecule has 0 unspecified atom stereocenters. The summed E-state index contributed by atoms with van der Waals surface area (Å²) in [5, 5.41) is 0.650. The highest BCUT2D eigenvalue weighted by atomic mass is 35.5. The molecule has 2 aromatic rings. The van der Waals surface area contributed by atoms with Crippen LogP contribution in [0, 0.1) is 0 Å². The molecule has 0 fully saturated rings. The highest BCUT2D eigenvalue weighted by molar-refractivity contribution is 6.30. The molecule has 124 valence electrons. The molecular formula is C18H23ClN2O2. The Balaban J connectivity index is 1.95. The number of aryl methyl sites for hydroxylation is 1. The van der Waals surface area contributed by atoms with Gasteiger partial charge in [-0.05, 0) is 42.8 Å². The van der Waals surface area contributed by atoms with E-state index in [4.69, 9.17) is 16.3 Å². The Bertz CT molecular complexity index is 622. The van der Waals surface area contributed by atoms with Gasteiger partial charge in [0, 0.05) is 30.5 Å². The van der Waals surface area contributed by atoms with E-state index in [1.54, 1.807) is 24.3 Å². The number of rotatable bonds is 8. The molecule has 23 heavy (non-hydrogen) atoms. The molecule has 0 bridgehead atoms. The molecule has 0 aliphatic carbocycles. The molecule has 4 nitrogen and oxygen atoms in total. The first-order valence-electron chi connectivity index (χ1n) is 7.86. The van der Waals surface area contributed by atoms with Crippen LogP contribution in [0.4, 0.5) is 0 Å². The molecule has 1 heterocycles. The Morgan fingerprint density at radius 1 is 1.26 bits per heavy atom. The predicted molar refractivity (Wildman–Crippen MR) is 92.7 cm³/mol. The van der Waals surface area contributed by atoms with Crippen molar-refractivity contribution in [3.8, 4) is 5.75 Å². The van der Waals surface area contributed by atoms with Gasteiger partial charge in [0.15, 0.2) is 6.61 Å². The smallest absolute Gasteiger partial charge is 0.260 e. The average Bonchev–Trinajstić information content (AvgIpc) is 2.95. The third kappa shape index (κ3) is 5.32. The van der Waals surface area contributed by atoms with Gasteiger partial charge < -0.3 is 14.2 Å². The van der Waals surface area contributed by atoms with Crippen molar-refractivity contribution in [3.63, 3.8) is 0 Å². The summed E-state index contributed by atoms with van der Waals surface area (Å²) in [6.07, 6.45) is 4.02. The molecule has 2 rings (SSSR count). The first-order valence-corrected chi connectivity index (χ1v) is 8.24. The fourth-order valence-corrected chi connectivity index (χ4v) is 2.39. The van der Waals surface area contributed by atoms with Crippen LogP contribution in [0.3, 0.4) is 0 Å². The van der Waals surface area contributed by atoms with Crippen LogP contribution in [0.2, 0.25) is 5.02 Å². The van der Waals surface area contributed by atoms with Gasteiger partial charge in [-0.25, -0.2) is 0 Å². The minimum absolute atomic E-state index is 0.00500. The lowest BCUT2D eigenvalue weighted by atomic mass is 10.3. The van der Waals surface area contributed by atoms with E-state index in [9.17, 15) is 4.79 Å². The number of hydrogen-bond donors (Lipinski definition) is 0. The molecule has 0 aliphatic heterocycles. The highest BCUT2D eigenvalue weighted by Crippen LogP contribution is 2.16. The van der Waals surface area contributed by atoms with Crippen LogP contribution in [-0.2, 0) is 18.4 Å². The van der Waals surface area contributed by atoms with Crippen LogP contribution in [0.1, 0.15) is 25.5 Å². The highest BCUT2D eigenvalue weighted by Gasteiger charge is 2.15. The van der Waals surface area contributed by atoms with E-state index in [1.165, 1.54) is 0 Å². The molecule has 0 N–H and O–H groups in total. The summed E-state index contributed by atoms with van der Waals surface area (Å²) in [5.41, 5.74) is 1.11. The van der Waals surface area contributed by atoms with Gasteiger partial charge in [-0.15, -0.1) is 0 Å². The Kier molecular flexibility index (Phi) is 6.53. The van der Waals surface area contributed by atoms with Crippen molar-refractivity contribution in [2.24, 2.45) is 7.05 Å². The molecular weight excluding hydrogens is 312 g/mol. The van der Waals surface area contributed by atoms with Gasteiger partial charge in [0.05, 0.1) is 6.54 Å². The van der Waals surface area contributed by atoms with Crippen LogP contribution in [0.5, 0.6) is 5.75 Å². The summed E-state index contributed by atoms with van der Waals surface area (Å²) in [6.45, 7) is 3.50. The molecule has 1 aromatic heterocycles. The Labute approximate surface area is 142 Å². The number of unbranched alkanes of at least 4 members (excludes halogenated alkanes) is 1. The molecule has 0 atom stereocenters. The van der Waals surface area contributed by atoms with Crippen LogP contribution < -0.4 is 4.74 Å². The normalized spacial score (nSPS) is 10.6. The van der Waals surface area contributed by atoms with Gasteiger partial charge in [-0.1, -0.05) is 24.9 Å². The summed E-state index contributed by atoms with van der Waals surface area (Å²) in [4.78, 5) is 14.3. The SMILES string of the molecule is CCCCN(Cc1cccn1C)C(=O)COc1ccc(Cl)cc1. The Morgan fingerprint density at radius 2 is 2.00 bits per heavy atom. The lowest BCUT2D eigenvalue weighted by Gasteiger charge is -2.23. The number of carbonyl (C=O) groups is 1. The number of benzene rings is 1. The molecule has 0 saturated heterocycles. The minimum atomic E-state index is -0.00500. The molecule has 0 saturated carbocycles. The number of aromatic nitrogens is 1. The Hall–Kier alpha value is -1.94. The number of hydrogen-bond acceptors (Lipinski definition) is 2. The lowest BCUT2D eigenvalue weighted by Crippen LogP contribution is -2.35. The lowest BCUT2D eigenvalue weighted by molar-refractivity contribution is -0.134. The number of carbonyl (C=O) groups excluding carboxylic acids is 1. The number of amides is 1. The number of halogens is 1. The van der Waals surface area contributed by atoms with E-state index < -0.39 is 0 Å². The molecule has 0 aliphatic rings. The van der Waals surface area contributed by atoms with Gasteiger partial charge in [-0.2, -0.15) is 0 Å². The van der Waals surface area contributed by atoms with Crippen LogP contribution in [-0.4, -0.2) is 28.5 Å². The number of ether oxygens (including phenoxy) is 1. The van der Waals surface area contributed by atoms with Crippen LogP contribution >= 0.6 is 11.6 Å². The third-order valence-corrected chi connectivity index (χ3v) is 3.97. The van der Waals surface area contributed by atoms with Gasteiger partial charge >= 0.3 is 0 Å². The molecule has 5 heteroatoms. The van der Waals surface area contributed by atoms with E-state index in [-0.39, 0.29) is 12.5 Å². The average molecular weight is 335 g/mol. The zero-order valence-corrected chi connectivity index (χ0v) is 14.4. The van der Waals surface area contributed by atoms with Crippen molar-refractivity contribution in [2.45, 2.75) is 26.3 Å². The van der Waals surface area contributed by atoms with Gasteiger partial charge in [-0.3, -0.25) is 4.79 Å². The van der Waals surface area contributed by atoms with E-state index in [0.717, 1.165) is 25.1 Å². The topological polar surface area (TPSA) is 34.5 Å². The molecule has 0 spiro atoms. The number of nitrogens with zero attached hydrogens (tertiary/aromatic N) is 2. The monoisotopic (exact) mass is 334 g/mol. The van der Waals surface area contributed by atoms with E-state index in [1.807, 2.05) is 34.8 Å². The van der Waals surface area contributed by atoms with Crippen molar-refractivity contribution in [2.75, 3.05) is 13.2 Å². The van der Waals surface area contributed by atoms with Gasteiger partial charge in [0.2, 0.25) is 0 Å². The second-order valence-corrected chi connectivity index (χ2v) is 5.96. The summed E-state index contributed by atoms with van der Waals surface area (Å²) in [6, 6.07) is 11.1. The maximum Gasteiger partial charge on any atom is 0.260 e. The van der Waals surface area contributed by atoms with Crippen molar-refractivity contribution >= 4 is 17.5 Å². The standard InChI is InChI=1S/C18H23ClN2O2/c1-3-4-12-21(13-16-6-5-11-20(16)2)18(22)14-23-17-9-7-15(19)8-10-17/h5-11H,3-4,12-14H2,1-2H3. The zero-order chi connectivity index (χ0) is 16.7. The summed E-state index contributed by atoms with van der Waals surface area (Å²) >= 11 is 5.84. The molecule has 1 aromatic carbocycles. The van der Waals surface area contributed by atoms with Crippen molar-refractivity contribution in [3.05, 3.63) is 53.3 Å². The zero-order valence-electron chi connectivity index (χ0n) is 13.7. The minimum Gasteiger partial charge on any atom is -0.484 e. The van der Waals surface area contributed by atoms with Crippen molar-refractivity contribution < 1.29 is 9.53 Å². The largest absolute Gasteiger partial charge is 0.484 e. The van der Waals surface area contributed by atoms with Crippen molar-refractivity contribution in [1.29, 1.82) is 0 Å². The fourth-order valence-electron chi connectivity index (χ4n) is 2.26. The van der Waals surface area contributed by atoms with E-state index >= 15 is 0 Å². The quantitative estimate of drug-likeness (QED) is 0.734. The predicted octanol–water partition coefficient (Wildman–Crippen LogP) is 3.89. The fraction of sp³-hybridized carbons (Fsp3) is 0.389. The maximum absolute atomic E-state index is 12.5. The Morgan fingerprint density at radius 3 is 2.61 bits per heavy atom. The molecule has 1 amide bonds. The first kappa shape index (κ1) is 17.4. The van der Waals surface area contributed by atoms with Crippen LogP contribution in [0.25, 0.3) is 0 Å². The second kappa shape index (κ2) is 8.63. The second-order valence-electron chi connectivity index (χ2n) is 5.52. The summed E-state index contributed by atoms with van der Waals surface area (Å²) in [7, 11) is 1.99. The summed E-state index contributed by atoms with van der Waals surface area (Å²) < 4.78 is 7.61. The van der Waals surface area contributed by atoms with Gasteiger partial charge in [0.1, 0.15) is 5.75 Å². The summed E-state index contributed by atoms with van der Waals surface area (Å²) in [5.74, 6) is 0.645. The third-order valence-electron chi connectivity index (χ3n) is 3.71. The van der Waals surface area contributed by atoms with E-state index in [2.05, 4.69) is 6.92 Å². The first-order chi connectivity index (χ1) is 11.1. The van der Waals surface area contributed by atoms with Gasteiger partial charge in [0.25, 0.3) is 5.91 Å². The molecule has 0 radical (unpaired) electrons.